The highest BCUT2D eigenvalue weighted by atomic mass is 16.7. The molecular formula is C28H24O17. The van der Waals surface area contributed by atoms with E-state index in [9.17, 15) is 65.8 Å². The first kappa shape index (κ1) is 30.8. The Labute approximate surface area is 249 Å². The molecule has 0 aliphatic carbocycles. The lowest BCUT2D eigenvalue weighted by atomic mass is 9.99. The highest BCUT2D eigenvalue weighted by Gasteiger charge is 2.45. The van der Waals surface area contributed by atoms with Crippen molar-refractivity contribution in [3.63, 3.8) is 0 Å². The largest absolute Gasteiger partial charge is 0.507 e. The van der Waals surface area contributed by atoms with Gasteiger partial charge < -0.3 is 74.8 Å². The van der Waals surface area contributed by atoms with E-state index >= 15 is 0 Å². The molecule has 45 heavy (non-hydrogen) atoms. The first-order valence-corrected chi connectivity index (χ1v) is 12.7. The standard InChI is InChI=1S/C28H24O17/c29-11-5-10(6-16-18(11)22(37)24(39)26(44-16)8-1-12(30)19(34)13(31)2-8)43-28-25(40)23(38)21(36)17(45-28)7-42-27(41)9-3-14(32)20(35)15(33)4-9/h1-6,17,21,23,25,28-36,38-40H,7H2/t17?,21-,23+,25?,28-/m1/s1. The number of phenols is 7. The van der Waals surface area contributed by atoms with Crippen molar-refractivity contribution in [3.05, 3.63) is 52.2 Å². The zero-order chi connectivity index (χ0) is 32.9. The predicted molar refractivity (Wildman–Crippen MR) is 145 cm³/mol. The zero-order valence-corrected chi connectivity index (χ0v) is 22.4. The third-order valence-corrected chi connectivity index (χ3v) is 6.86. The molecule has 0 radical (unpaired) electrons. The Morgan fingerprint density at radius 1 is 0.711 bits per heavy atom. The van der Waals surface area contributed by atoms with Crippen molar-refractivity contribution in [1.82, 2.24) is 0 Å². The summed E-state index contributed by atoms with van der Waals surface area (Å²) in [6, 6.07) is 5.23. The third kappa shape index (κ3) is 5.58. The summed E-state index contributed by atoms with van der Waals surface area (Å²) in [6.45, 7) is -0.751. The van der Waals surface area contributed by atoms with Gasteiger partial charge in [0.2, 0.25) is 17.5 Å². The molecule has 1 aromatic heterocycles. The van der Waals surface area contributed by atoms with E-state index in [2.05, 4.69) is 0 Å². The van der Waals surface area contributed by atoms with Crippen LogP contribution in [0.15, 0.2) is 45.6 Å². The van der Waals surface area contributed by atoms with Gasteiger partial charge in [-0.05, 0) is 24.3 Å². The first-order valence-electron chi connectivity index (χ1n) is 12.7. The number of aromatic hydroxyl groups is 8. The fourth-order valence-electron chi connectivity index (χ4n) is 4.51. The van der Waals surface area contributed by atoms with Crippen LogP contribution in [0.2, 0.25) is 0 Å². The second-order valence-electron chi connectivity index (χ2n) is 9.88. The smallest absolute Gasteiger partial charge is 0.338 e. The van der Waals surface area contributed by atoms with E-state index in [0.29, 0.717) is 0 Å². The summed E-state index contributed by atoms with van der Waals surface area (Å²) in [5.74, 6) is -8.86. The molecule has 3 aromatic carbocycles. The average molecular weight is 632 g/mol. The van der Waals surface area contributed by atoms with Crippen LogP contribution in [0.3, 0.4) is 0 Å². The third-order valence-electron chi connectivity index (χ3n) is 6.86. The Morgan fingerprint density at radius 2 is 1.29 bits per heavy atom. The van der Waals surface area contributed by atoms with Gasteiger partial charge in [0.25, 0.3) is 0 Å². The lowest BCUT2D eigenvalue weighted by molar-refractivity contribution is -0.277. The minimum atomic E-state index is -1.92. The van der Waals surface area contributed by atoms with E-state index in [1.54, 1.807) is 0 Å². The lowest BCUT2D eigenvalue weighted by Crippen LogP contribution is -2.60. The molecule has 0 spiro atoms. The number of phenolic OH excluding ortho intramolecular Hbond substituents is 7. The molecule has 1 aliphatic rings. The van der Waals surface area contributed by atoms with Gasteiger partial charge >= 0.3 is 5.97 Å². The van der Waals surface area contributed by atoms with E-state index < -0.39 is 117 Å². The molecule has 5 atom stereocenters. The Hall–Kier alpha value is -5.62. The lowest BCUT2D eigenvalue weighted by Gasteiger charge is -2.39. The number of aliphatic hydroxyl groups is 3. The number of carbonyl (C=O) groups is 1. The van der Waals surface area contributed by atoms with Gasteiger partial charge in [0.15, 0.2) is 40.3 Å². The second kappa shape index (κ2) is 11.5. The SMILES string of the molecule is O=C(OCC1O[C@@H](Oc2cc(O)c3c(=O)c(O)c(-c4cc(O)c(O)c(O)c4)oc3c2)C(O)[C@@H](O)[C@@H]1O)c1cc(O)c(O)c(O)c1. The van der Waals surface area contributed by atoms with E-state index in [0.717, 1.165) is 36.4 Å². The summed E-state index contributed by atoms with van der Waals surface area (Å²) < 4.78 is 21.6. The highest BCUT2D eigenvalue weighted by molar-refractivity contribution is 5.91. The molecule has 0 bridgehead atoms. The summed E-state index contributed by atoms with van der Waals surface area (Å²) in [5.41, 5.74) is -2.18. The number of fused-ring (bicyclic) bond motifs is 1. The molecule has 17 nitrogen and oxygen atoms in total. The minimum absolute atomic E-state index is 0.247. The van der Waals surface area contributed by atoms with Crippen LogP contribution < -0.4 is 10.2 Å². The topological polar surface area (TPSA) is 298 Å². The van der Waals surface area contributed by atoms with Gasteiger partial charge in [-0.15, -0.1) is 0 Å². The van der Waals surface area contributed by atoms with Crippen LogP contribution in [-0.4, -0.2) is 99.5 Å². The fourth-order valence-corrected chi connectivity index (χ4v) is 4.51. The average Bonchev–Trinajstić information content (AvgIpc) is 2.99. The van der Waals surface area contributed by atoms with Crippen molar-refractivity contribution in [2.75, 3.05) is 6.61 Å². The van der Waals surface area contributed by atoms with Gasteiger partial charge in [-0.2, -0.15) is 0 Å². The van der Waals surface area contributed by atoms with E-state index in [4.69, 9.17) is 18.6 Å². The molecule has 2 heterocycles. The Bertz CT molecular complexity index is 1820. The van der Waals surface area contributed by atoms with Crippen LogP contribution in [0.5, 0.6) is 51.7 Å². The Kier molecular flexibility index (Phi) is 7.86. The van der Waals surface area contributed by atoms with Gasteiger partial charge in [-0.1, -0.05) is 0 Å². The summed E-state index contributed by atoms with van der Waals surface area (Å²) in [4.78, 5) is 25.2. The second-order valence-corrected chi connectivity index (χ2v) is 9.88. The van der Waals surface area contributed by atoms with E-state index in [1.165, 1.54) is 0 Å². The number of aliphatic hydroxyl groups excluding tert-OH is 3. The molecule has 2 unspecified atom stereocenters. The van der Waals surface area contributed by atoms with Crippen LogP contribution >= 0.6 is 0 Å². The van der Waals surface area contributed by atoms with Crippen molar-refractivity contribution in [1.29, 1.82) is 0 Å². The number of hydrogen-bond donors (Lipinski definition) is 11. The van der Waals surface area contributed by atoms with Crippen molar-refractivity contribution in [2.45, 2.75) is 30.7 Å². The van der Waals surface area contributed by atoms with Crippen LogP contribution in [0, 0.1) is 0 Å². The number of carbonyl (C=O) groups excluding carboxylic acids is 1. The highest BCUT2D eigenvalue weighted by Crippen LogP contribution is 2.42. The van der Waals surface area contributed by atoms with Crippen LogP contribution in [0.25, 0.3) is 22.3 Å². The molecule has 1 fully saturated rings. The number of rotatable bonds is 6. The summed E-state index contributed by atoms with van der Waals surface area (Å²) in [6.07, 6.45) is -8.97. The Morgan fingerprint density at radius 3 is 1.89 bits per heavy atom. The van der Waals surface area contributed by atoms with Crippen LogP contribution in [0.4, 0.5) is 0 Å². The maximum Gasteiger partial charge on any atom is 0.338 e. The quantitative estimate of drug-likeness (QED) is 0.0995. The van der Waals surface area contributed by atoms with Crippen molar-refractivity contribution >= 4 is 16.9 Å². The van der Waals surface area contributed by atoms with Crippen molar-refractivity contribution < 1.29 is 79.6 Å². The van der Waals surface area contributed by atoms with Gasteiger partial charge in [0, 0.05) is 17.7 Å². The molecule has 1 saturated heterocycles. The molecule has 0 amide bonds. The summed E-state index contributed by atoms with van der Waals surface area (Å²) in [7, 11) is 0. The molecular weight excluding hydrogens is 608 g/mol. The van der Waals surface area contributed by atoms with Gasteiger partial charge in [-0.25, -0.2) is 4.79 Å². The van der Waals surface area contributed by atoms with E-state index in [1.807, 2.05) is 0 Å². The maximum absolute atomic E-state index is 12.8. The van der Waals surface area contributed by atoms with Gasteiger partial charge in [-0.3, -0.25) is 4.79 Å². The monoisotopic (exact) mass is 632 g/mol. The Balaban J connectivity index is 1.41. The van der Waals surface area contributed by atoms with Gasteiger partial charge in [0.05, 0.1) is 5.56 Å². The normalized spacial score (nSPS) is 21.4. The molecule has 1 aliphatic heterocycles. The zero-order valence-electron chi connectivity index (χ0n) is 22.4. The molecule has 5 rings (SSSR count). The van der Waals surface area contributed by atoms with Crippen molar-refractivity contribution in [2.24, 2.45) is 0 Å². The molecule has 238 valence electrons. The first-order chi connectivity index (χ1) is 21.2. The fraction of sp³-hybridized carbons (Fsp3) is 0.214. The minimum Gasteiger partial charge on any atom is -0.507 e. The van der Waals surface area contributed by atoms with Gasteiger partial charge in [0.1, 0.15) is 53.5 Å². The van der Waals surface area contributed by atoms with Crippen molar-refractivity contribution in [3.8, 4) is 63.1 Å². The predicted octanol–water partition coefficient (Wildman–Crippen LogP) is 0.148. The number of hydrogen-bond acceptors (Lipinski definition) is 17. The number of benzene rings is 3. The molecule has 0 saturated carbocycles. The molecule has 17 heteroatoms. The summed E-state index contributed by atoms with van der Waals surface area (Å²) >= 11 is 0. The van der Waals surface area contributed by atoms with E-state index in [-0.39, 0.29) is 11.3 Å². The maximum atomic E-state index is 12.8. The number of esters is 1. The number of ether oxygens (including phenoxy) is 3. The molecule has 4 aromatic rings. The molecule has 11 N–H and O–H groups in total. The van der Waals surface area contributed by atoms with Crippen LogP contribution in [0.1, 0.15) is 10.4 Å². The van der Waals surface area contributed by atoms with Crippen LogP contribution in [-0.2, 0) is 9.47 Å². The summed E-state index contributed by atoms with van der Waals surface area (Å²) in [5, 5.41) is 110.